The molecule has 116 valence electrons. The summed E-state index contributed by atoms with van der Waals surface area (Å²) in [4.78, 5) is 22.1. The average molecular weight is 305 g/mol. The van der Waals surface area contributed by atoms with Crippen LogP contribution in [0.3, 0.4) is 0 Å². The standard InChI is InChI=1S/C19H19N3O/c23-19(22-11-2-1-3-12-22)15-6-4-5-14(13-15)16-7-9-20-18-17(16)8-10-21-18/h4-10,13H,1-3,11-12H2,(H,20,21). The molecule has 4 rings (SSSR count). The van der Waals surface area contributed by atoms with Crippen LogP contribution in [0.2, 0.25) is 0 Å². The molecule has 4 nitrogen and oxygen atoms in total. The van der Waals surface area contributed by atoms with E-state index >= 15 is 0 Å². The Hall–Kier alpha value is -2.62. The molecule has 1 aromatic carbocycles. The number of aromatic amines is 1. The van der Waals surface area contributed by atoms with Crippen LogP contribution in [0.25, 0.3) is 22.2 Å². The third-order valence-corrected chi connectivity index (χ3v) is 4.52. The van der Waals surface area contributed by atoms with Crippen molar-refractivity contribution in [1.82, 2.24) is 14.9 Å². The van der Waals surface area contributed by atoms with Crippen molar-refractivity contribution in [3.05, 3.63) is 54.4 Å². The highest BCUT2D eigenvalue weighted by molar-refractivity contribution is 5.98. The number of aromatic nitrogens is 2. The number of carbonyl (C=O) groups is 1. The van der Waals surface area contributed by atoms with Crippen molar-refractivity contribution in [3.63, 3.8) is 0 Å². The molecule has 0 atom stereocenters. The highest BCUT2D eigenvalue weighted by atomic mass is 16.2. The maximum atomic E-state index is 12.7. The second kappa shape index (κ2) is 5.88. The molecular weight excluding hydrogens is 286 g/mol. The van der Waals surface area contributed by atoms with E-state index in [1.54, 1.807) is 6.20 Å². The Bertz CT molecular complexity index is 846. The summed E-state index contributed by atoms with van der Waals surface area (Å²) in [5, 5.41) is 1.08. The van der Waals surface area contributed by atoms with Gasteiger partial charge in [0.1, 0.15) is 5.65 Å². The molecule has 1 aliphatic heterocycles. The summed E-state index contributed by atoms with van der Waals surface area (Å²) >= 11 is 0. The Morgan fingerprint density at radius 2 is 1.96 bits per heavy atom. The number of likely N-dealkylation sites (tertiary alicyclic amines) is 1. The second-order valence-electron chi connectivity index (χ2n) is 6.03. The average Bonchev–Trinajstić information content (AvgIpc) is 3.10. The largest absolute Gasteiger partial charge is 0.346 e. The van der Waals surface area contributed by atoms with Gasteiger partial charge in [-0.1, -0.05) is 12.1 Å². The minimum absolute atomic E-state index is 0.144. The number of pyridine rings is 1. The topological polar surface area (TPSA) is 49.0 Å². The molecule has 4 heteroatoms. The molecule has 0 radical (unpaired) electrons. The molecule has 1 N–H and O–H groups in total. The minimum Gasteiger partial charge on any atom is -0.346 e. The van der Waals surface area contributed by atoms with Gasteiger partial charge >= 0.3 is 0 Å². The zero-order valence-electron chi connectivity index (χ0n) is 13.0. The number of hydrogen-bond acceptors (Lipinski definition) is 2. The highest BCUT2D eigenvalue weighted by Crippen LogP contribution is 2.28. The van der Waals surface area contributed by atoms with Crippen LogP contribution in [0.5, 0.6) is 0 Å². The number of H-pyrrole nitrogens is 1. The second-order valence-corrected chi connectivity index (χ2v) is 6.03. The first-order valence-corrected chi connectivity index (χ1v) is 8.15. The van der Waals surface area contributed by atoms with E-state index in [0.29, 0.717) is 0 Å². The van der Waals surface area contributed by atoms with Crippen LogP contribution in [-0.2, 0) is 0 Å². The molecule has 1 saturated heterocycles. The van der Waals surface area contributed by atoms with Crippen molar-refractivity contribution in [1.29, 1.82) is 0 Å². The Labute approximate surface area is 135 Å². The maximum absolute atomic E-state index is 12.7. The van der Waals surface area contributed by atoms with E-state index in [1.807, 2.05) is 41.4 Å². The van der Waals surface area contributed by atoms with E-state index in [9.17, 15) is 4.79 Å². The number of fused-ring (bicyclic) bond motifs is 1. The van der Waals surface area contributed by atoms with Crippen molar-refractivity contribution in [3.8, 4) is 11.1 Å². The van der Waals surface area contributed by atoms with Gasteiger partial charge in [0.15, 0.2) is 0 Å². The van der Waals surface area contributed by atoms with Crippen LogP contribution >= 0.6 is 0 Å². The van der Waals surface area contributed by atoms with Crippen LogP contribution in [0, 0.1) is 0 Å². The first-order chi connectivity index (χ1) is 11.3. The molecule has 0 aliphatic carbocycles. The van der Waals surface area contributed by atoms with Crippen molar-refractivity contribution in [2.75, 3.05) is 13.1 Å². The quantitative estimate of drug-likeness (QED) is 0.781. The van der Waals surface area contributed by atoms with Crippen molar-refractivity contribution < 1.29 is 4.79 Å². The lowest BCUT2D eigenvalue weighted by Gasteiger charge is -2.26. The lowest BCUT2D eigenvalue weighted by Crippen LogP contribution is -2.35. The summed E-state index contributed by atoms with van der Waals surface area (Å²) in [5.74, 6) is 0.144. The number of piperidine rings is 1. The summed E-state index contributed by atoms with van der Waals surface area (Å²) in [6.07, 6.45) is 7.14. The molecule has 1 aliphatic rings. The van der Waals surface area contributed by atoms with Crippen LogP contribution in [-0.4, -0.2) is 33.9 Å². The molecule has 3 heterocycles. The first kappa shape index (κ1) is 14.0. The van der Waals surface area contributed by atoms with Gasteiger partial charge in [-0.15, -0.1) is 0 Å². The number of rotatable bonds is 2. The van der Waals surface area contributed by atoms with Crippen LogP contribution in [0.1, 0.15) is 29.6 Å². The van der Waals surface area contributed by atoms with Crippen LogP contribution in [0.4, 0.5) is 0 Å². The van der Waals surface area contributed by atoms with Gasteiger partial charge in [-0.3, -0.25) is 4.79 Å². The number of hydrogen-bond donors (Lipinski definition) is 1. The lowest BCUT2D eigenvalue weighted by atomic mass is 10.0. The maximum Gasteiger partial charge on any atom is 0.253 e. The number of nitrogens with zero attached hydrogens (tertiary/aromatic N) is 2. The number of nitrogens with one attached hydrogen (secondary N) is 1. The third-order valence-electron chi connectivity index (χ3n) is 4.52. The fourth-order valence-corrected chi connectivity index (χ4v) is 3.31. The van der Waals surface area contributed by atoms with Gasteiger partial charge in [0.25, 0.3) is 5.91 Å². The number of amides is 1. The predicted octanol–water partition coefficient (Wildman–Crippen LogP) is 3.86. The molecule has 23 heavy (non-hydrogen) atoms. The third kappa shape index (κ3) is 2.61. The molecule has 0 saturated carbocycles. The Kier molecular flexibility index (Phi) is 3.58. The highest BCUT2D eigenvalue weighted by Gasteiger charge is 2.18. The summed E-state index contributed by atoms with van der Waals surface area (Å²) in [6.45, 7) is 1.75. The molecule has 2 aromatic heterocycles. The van der Waals surface area contributed by atoms with E-state index < -0.39 is 0 Å². The monoisotopic (exact) mass is 305 g/mol. The molecule has 0 unspecified atom stereocenters. The molecule has 1 amide bonds. The zero-order chi connectivity index (χ0) is 15.6. The summed E-state index contributed by atoms with van der Waals surface area (Å²) in [5.41, 5.74) is 3.80. The van der Waals surface area contributed by atoms with Crippen LogP contribution < -0.4 is 0 Å². The van der Waals surface area contributed by atoms with Gasteiger partial charge < -0.3 is 9.88 Å². The summed E-state index contributed by atoms with van der Waals surface area (Å²) < 4.78 is 0. The van der Waals surface area contributed by atoms with Gasteiger partial charge in [-0.2, -0.15) is 0 Å². The number of carbonyl (C=O) groups excluding carboxylic acids is 1. The van der Waals surface area contributed by atoms with Crippen molar-refractivity contribution >= 4 is 16.9 Å². The number of benzene rings is 1. The zero-order valence-corrected chi connectivity index (χ0v) is 13.0. The predicted molar refractivity (Wildman–Crippen MR) is 91.3 cm³/mol. The molecular formula is C19H19N3O. The minimum atomic E-state index is 0.144. The van der Waals surface area contributed by atoms with Gasteiger partial charge in [-0.05, 0) is 54.7 Å². The first-order valence-electron chi connectivity index (χ1n) is 8.15. The van der Waals surface area contributed by atoms with Crippen molar-refractivity contribution in [2.24, 2.45) is 0 Å². The SMILES string of the molecule is O=C(c1cccc(-c2ccnc3[nH]ccc23)c1)N1CCCCC1. The van der Waals surface area contributed by atoms with Gasteiger partial charge in [-0.25, -0.2) is 4.98 Å². The lowest BCUT2D eigenvalue weighted by molar-refractivity contribution is 0.0724. The van der Waals surface area contributed by atoms with Gasteiger partial charge in [0.2, 0.25) is 0 Å². The molecule has 3 aromatic rings. The van der Waals surface area contributed by atoms with E-state index in [1.165, 1.54) is 6.42 Å². The summed E-state index contributed by atoms with van der Waals surface area (Å²) in [6, 6.07) is 12.0. The fourth-order valence-electron chi connectivity index (χ4n) is 3.31. The Morgan fingerprint density at radius 3 is 2.83 bits per heavy atom. The van der Waals surface area contributed by atoms with E-state index in [2.05, 4.69) is 16.0 Å². The van der Waals surface area contributed by atoms with Gasteiger partial charge in [0, 0.05) is 36.4 Å². The van der Waals surface area contributed by atoms with E-state index in [0.717, 1.165) is 53.7 Å². The normalized spacial score (nSPS) is 15.0. The van der Waals surface area contributed by atoms with E-state index in [-0.39, 0.29) is 5.91 Å². The molecule has 0 spiro atoms. The van der Waals surface area contributed by atoms with Crippen LogP contribution in [0.15, 0.2) is 48.8 Å². The van der Waals surface area contributed by atoms with Gasteiger partial charge in [0.05, 0.1) is 0 Å². The van der Waals surface area contributed by atoms with E-state index in [4.69, 9.17) is 0 Å². The molecule has 1 fully saturated rings. The Balaban J connectivity index is 1.71. The summed E-state index contributed by atoms with van der Waals surface area (Å²) in [7, 11) is 0. The fraction of sp³-hybridized carbons (Fsp3) is 0.263. The Morgan fingerprint density at radius 1 is 1.09 bits per heavy atom. The smallest absolute Gasteiger partial charge is 0.253 e. The molecule has 0 bridgehead atoms. The van der Waals surface area contributed by atoms with Crippen molar-refractivity contribution in [2.45, 2.75) is 19.3 Å².